The molecule has 1 aromatic carbocycles. The van der Waals surface area contributed by atoms with Crippen LogP contribution in [0.1, 0.15) is 35.2 Å². The molecule has 1 aliphatic heterocycles. The lowest BCUT2D eigenvalue weighted by Crippen LogP contribution is -2.46. The molecule has 146 valence electrons. The van der Waals surface area contributed by atoms with Crippen LogP contribution in [0.3, 0.4) is 0 Å². The van der Waals surface area contributed by atoms with Gasteiger partial charge in [0.15, 0.2) is 5.96 Å². The van der Waals surface area contributed by atoms with Crippen LogP contribution in [0.15, 0.2) is 58.0 Å². The van der Waals surface area contributed by atoms with Gasteiger partial charge in [0.2, 0.25) is 0 Å². The van der Waals surface area contributed by atoms with Crippen molar-refractivity contribution in [1.29, 1.82) is 0 Å². The van der Waals surface area contributed by atoms with Gasteiger partial charge < -0.3 is 10.6 Å². The minimum absolute atomic E-state index is 0.433. The third-order valence-electron chi connectivity index (χ3n) is 6.27. The summed E-state index contributed by atoms with van der Waals surface area (Å²) in [6, 6.07) is 10.9. The van der Waals surface area contributed by atoms with Gasteiger partial charge in [0.25, 0.3) is 0 Å². The number of likely N-dealkylation sites (tertiary alicyclic amines) is 1. The van der Waals surface area contributed by atoms with Crippen molar-refractivity contribution in [2.45, 2.75) is 44.4 Å². The molecule has 1 fully saturated rings. The number of hydrogen-bond donors (Lipinski definition) is 1. The number of aliphatic imine (C=N–C) groups is 1. The number of nitrogens with two attached hydrogens (primary N) is 1. The number of benzene rings is 1. The molecule has 0 radical (unpaired) electrons. The number of hydrogen-bond acceptors (Lipinski definition) is 3. The number of aryl methyl sites for hydroxylation is 1. The van der Waals surface area contributed by atoms with Gasteiger partial charge in [0.1, 0.15) is 0 Å². The first-order chi connectivity index (χ1) is 13.6. The highest BCUT2D eigenvalue weighted by molar-refractivity contribution is 8.02. The van der Waals surface area contributed by atoms with Crippen molar-refractivity contribution >= 4 is 17.7 Å². The van der Waals surface area contributed by atoms with E-state index in [4.69, 9.17) is 5.73 Å². The summed E-state index contributed by atoms with van der Waals surface area (Å²) in [5.41, 5.74) is 12.1. The summed E-state index contributed by atoms with van der Waals surface area (Å²) in [5, 5.41) is 1.99. The molecule has 1 aromatic heterocycles. The van der Waals surface area contributed by atoms with E-state index in [-0.39, 0.29) is 0 Å². The number of thioether (sulfide) groups is 1. The van der Waals surface area contributed by atoms with E-state index in [2.05, 4.69) is 46.1 Å². The Morgan fingerprint density at radius 2 is 1.82 bits per heavy atom. The predicted molar refractivity (Wildman–Crippen MR) is 117 cm³/mol. The molecule has 1 spiro atoms. The van der Waals surface area contributed by atoms with E-state index in [1.807, 2.05) is 30.8 Å². The smallest absolute Gasteiger partial charge is 0.195 e. The number of guanidine groups is 1. The van der Waals surface area contributed by atoms with Crippen LogP contribution in [0.2, 0.25) is 0 Å². The summed E-state index contributed by atoms with van der Waals surface area (Å²) in [7, 11) is 0. The Labute approximate surface area is 172 Å². The van der Waals surface area contributed by atoms with Crippen molar-refractivity contribution < 1.29 is 0 Å². The first kappa shape index (κ1) is 19.1. The number of pyridine rings is 1. The van der Waals surface area contributed by atoms with Gasteiger partial charge in [-0.05, 0) is 73.1 Å². The Bertz CT molecular complexity index is 884. The zero-order chi connectivity index (χ0) is 19.6. The van der Waals surface area contributed by atoms with E-state index in [0.717, 1.165) is 18.8 Å². The lowest BCUT2D eigenvalue weighted by atomic mass is 9.76. The molecule has 0 amide bonds. The Balaban J connectivity index is 1.32. The highest BCUT2D eigenvalue weighted by Crippen LogP contribution is 2.44. The van der Waals surface area contributed by atoms with Gasteiger partial charge in [-0.1, -0.05) is 36.0 Å². The van der Waals surface area contributed by atoms with Gasteiger partial charge in [-0.3, -0.25) is 4.98 Å². The maximum absolute atomic E-state index is 6.26. The van der Waals surface area contributed by atoms with Crippen LogP contribution in [0, 0.1) is 19.3 Å². The highest BCUT2D eigenvalue weighted by Gasteiger charge is 2.39. The first-order valence-corrected chi connectivity index (χ1v) is 10.8. The van der Waals surface area contributed by atoms with Crippen LogP contribution < -0.4 is 5.73 Å². The van der Waals surface area contributed by atoms with E-state index >= 15 is 0 Å². The van der Waals surface area contributed by atoms with Crippen molar-refractivity contribution in [3.63, 3.8) is 0 Å². The summed E-state index contributed by atoms with van der Waals surface area (Å²) < 4.78 is 0. The van der Waals surface area contributed by atoms with E-state index < -0.39 is 0 Å². The molecular formula is C23H28N4S. The summed E-state index contributed by atoms with van der Waals surface area (Å²) in [5.74, 6) is 0.629. The topological polar surface area (TPSA) is 54.5 Å². The van der Waals surface area contributed by atoms with Crippen molar-refractivity contribution in [1.82, 2.24) is 9.88 Å². The number of fused-ring (bicyclic) bond motifs is 1. The van der Waals surface area contributed by atoms with E-state index in [0.29, 0.717) is 11.4 Å². The molecule has 5 heteroatoms. The van der Waals surface area contributed by atoms with Gasteiger partial charge in [-0.2, -0.15) is 0 Å². The lowest BCUT2D eigenvalue weighted by Gasteiger charge is -2.39. The SMILES string of the molecule is Cc1nccc(SC=CN=C(N)N2CCC3(CC2)Cc2ccccc2C3)c1C. The van der Waals surface area contributed by atoms with Crippen molar-refractivity contribution in [2.24, 2.45) is 16.1 Å². The summed E-state index contributed by atoms with van der Waals surface area (Å²) in [4.78, 5) is 12.2. The summed E-state index contributed by atoms with van der Waals surface area (Å²) in [6.07, 6.45) is 8.47. The van der Waals surface area contributed by atoms with Crippen LogP contribution in [-0.2, 0) is 12.8 Å². The largest absolute Gasteiger partial charge is 0.370 e. The average molecular weight is 393 g/mol. The third kappa shape index (κ3) is 3.95. The fourth-order valence-electron chi connectivity index (χ4n) is 4.37. The fourth-order valence-corrected chi connectivity index (χ4v) is 5.11. The van der Waals surface area contributed by atoms with E-state index in [1.165, 1.54) is 36.1 Å². The maximum atomic E-state index is 6.26. The predicted octanol–water partition coefficient (Wildman–Crippen LogP) is 4.46. The molecule has 0 atom stereocenters. The molecular weight excluding hydrogens is 364 g/mol. The molecule has 2 heterocycles. The van der Waals surface area contributed by atoms with Crippen LogP contribution in [-0.4, -0.2) is 28.9 Å². The second kappa shape index (κ2) is 8.00. The molecule has 0 saturated carbocycles. The quantitative estimate of drug-likeness (QED) is 0.476. The number of rotatable bonds is 3. The molecule has 2 aromatic rings. The Kier molecular flexibility index (Phi) is 5.44. The second-order valence-corrected chi connectivity index (χ2v) is 8.97. The minimum atomic E-state index is 0.433. The van der Waals surface area contributed by atoms with E-state index in [1.54, 1.807) is 22.9 Å². The average Bonchev–Trinajstić information content (AvgIpc) is 3.06. The standard InChI is InChI=1S/C23H28N4S/c1-17-18(2)25-10-7-21(17)28-14-11-26-22(24)27-12-8-23(9-13-27)15-19-5-3-4-6-20(19)16-23/h3-7,10-11,14H,8-9,12-13,15-16H2,1-2H3,(H2,24,26). The lowest BCUT2D eigenvalue weighted by molar-refractivity contribution is 0.157. The zero-order valence-electron chi connectivity index (χ0n) is 16.7. The molecule has 1 aliphatic carbocycles. The number of aromatic nitrogens is 1. The normalized spacial score (nSPS) is 18.8. The Hall–Kier alpha value is -2.27. The number of piperidine rings is 1. The van der Waals surface area contributed by atoms with Gasteiger partial charge >= 0.3 is 0 Å². The Morgan fingerprint density at radius 3 is 2.50 bits per heavy atom. The van der Waals surface area contributed by atoms with Crippen molar-refractivity contribution in [2.75, 3.05) is 13.1 Å². The molecule has 2 N–H and O–H groups in total. The molecule has 1 saturated heterocycles. The third-order valence-corrected chi connectivity index (χ3v) is 7.22. The van der Waals surface area contributed by atoms with Crippen molar-refractivity contribution in [3.8, 4) is 0 Å². The van der Waals surface area contributed by atoms with Gasteiger partial charge in [0, 0.05) is 36.1 Å². The maximum Gasteiger partial charge on any atom is 0.195 e. The van der Waals surface area contributed by atoms with Crippen LogP contribution in [0.25, 0.3) is 0 Å². The first-order valence-electron chi connectivity index (χ1n) is 9.95. The van der Waals surface area contributed by atoms with Crippen LogP contribution in [0.4, 0.5) is 0 Å². The summed E-state index contributed by atoms with van der Waals surface area (Å²) in [6.45, 7) is 6.12. The molecule has 2 aliphatic rings. The molecule has 4 rings (SSSR count). The van der Waals surface area contributed by atoms with Crippen molar-refractivity contribution in [3.05, 3.63) is 70.5 Å². The second-order valence-electron chi connectivity index (χ2n) is 8.02. The monoisotopic (exact) mass is 392 g/mol. The fraction of sp³-hybridized carbons (Fsp3) is 0.391. The van der Waals surface area contributed by atoms with Gasteiger partial charge in [-0.25, -0.2) is 4.99 Å². The van der Waals surface area contributed by atoms with E-state index in [9.17, 15) is 0 Å². The highest BCUT2D eigenvalue weighted by atomic mass is 32.2. The van der Waals surface area contributed by atoms with Gasteiger partial charge in [-0.15, -0.1) is 0 Å². The number of nitrogens with zero attached hydrogens (tertiary/aromatic N) is 3. The minimum Gasteiger partial charge on any atom is -0.370 e. The van der Waals surface area contributed by atoms with Gasteiger partial charge in [0.05, 0.1) is 0 Å². The zero-order valence-corrected chi connectivity index (χ0v) is 17.5. The van der Waals surface area contributed by atoms with Crippen LogP contribution in [0.5, 0.6) is 0 Å². The molecule has 0 unspecified atom stereocenters. The molecule has 28 heavy (non-hydrogen) atoms. The molecule has 0 bridgehead atoms. The summed E-state index contributed by atoms with van der Waals surface area (Å²) >= 11 is 1.66. The van der Waals surface area contributed by atoms with Crippen LogP contribution >= 0.6 is 11.8 Å². The molecule has 4 nitrogen and oxygen atoms in total. The Morgan fingerprint density at radius 1 is 1.14 bits per heavy atom.